The zero-order valence-electron chi connectivity index (χ0n) is 29.6. The van der Waals surface area contributed by atoms with Crippen molar-refractivity contribution in [1.82, 2.24) is 9.21 Å². The van der Waals surface area contributed by atoms with Gasteiger partial charge in [0.1, 0.15) is 18.1 Å². The van der Waals surface area contributed by atoms with E-state index >= 15 is 0 Å². The summed E-state index contributed by atoms with van der Waals surface area (Å²) < 4.78 is 54.3. The van der Waals surface area contributed by atoms with Gasteiger partial charge in [0, 0.05) is 44.8 Å². The van der Waals surface area contributed by atoms with Gasteiger partial charge in [0.15, 0.2) is 0 Å². The van der Waals surface area contributed by atoms with Crippen LogP contribution in [-0.2, 0) is 26.1 Å². The van der Waals surface area contributed by atoms with Crippen molar-refractivity contribution in [3.63, 3.8) is 0 Å². The molecule has 4 atom stereocenters. The fourth-order valence-corrected chi connectivity index (χ4v) is 9.37. The van der Waals surface area contributed by atoms with Gasteiger partial charge in [-0.1, -0.05) is 35.9 Å². The topological polar surface area (TPSA) is 80.8 Å². The average molecular weight is 692 g/mol. The number of hydrogen-bond acceptors (Lipinski definition) is 8. The van der Waals surface area contributed by atoms with Crippen LogP contribution in [0.4, 0.5) is 5.69 Å². The number of ether oxygens (including phenoxy) is 4. The highest BCUT2D eigenvalue weighted by Crippen LogP contribution is 2.40. The zero-order valence-corrected chi connectivity index (χ0v) is 30.4. The van der Waals surface area contributed by atoms with Crippen molar-refractivity contribution in [2.75, 3.05) is 65.1 Å². The van der Waals surface area contributed by atoms with Crippen LogP contribution in [0.3, 0.4) is 0 Å². The number of piperidine rings is 1. The van der Waals surface area contributed by atoms with E-state index in [1.807, 2.05) is 37.3 Å². The second-order valence-corrected chi connectivity index (χ2v) is 15.7. The van der Waals surface area contributed by atoms with Gasteiger partial charge in [0.25, 0.3) is 0 Å². The Hall–Kier alpha value is -3.15. The van der Waals surface area contributed by atoms with Gasteiger partial charge in [0.05, 0.1) is 36.9 Å². The number of rotatable bonds is 14. The Bertz CT molecular complexity index is 1610. The molecule has 0 bridgehead atoms. The Balaban J connectivity index is 1.30. The molecule has 3 aliphatic heterocycles. The maximum absolute atomic E-state index is 14.5. The first-order chi connectivity index (χ1) is 23.8. The van der Waals surface area contributed by atoms with Crippen molar-refractivity contribution in [2.24, 2.45) is 0 Å². The maximum Gasteiger partial charge on any atom is 0.243 e. The first-order valence-corrected chi connectivity index (χ1v) is 19.3. The van der Waals surface area contributed by atoms with E-state index in [2.05, 4.69) is 41.0 Å². The summed E-state index contributed by atoms with van der Waals surface area (Å²) in [4.78, 5) is 5.20. The van der Waals surface area contributed by atoms with E-state index in [1.54, 1.807) is 30.7 Å². The number of hydrogen-bond donors (Lipinski definition) is 0. The molecule has 3 aromatic rings. The van der Waals surface area contributed by atoms with Crippen molar-refractivity contribution in [3.8, 4) is 11.5 Å². The van der Waals surface area contributed by atoms with Gasteiger partial charge in [-0.25, -0.2) is 8.42 Å². The molecule has 0 amide bonds. The Morgan fingerprint density at radius 1 is 0.959 bits per heavy atom. The first-order valence-electron chi connectivity index (χ1n) is 17.8. The Kier molecular flexibility index (Phi) is 11.8. The molecule has 0 saturated carbocycles. The van der Waals surface area contributed by atoms with Crippen LogP contribution in [0.2, 0.25) is 0 Å². The monoisotopic (exact) mass is 691 g/mol. The lowest BCUT2D eigenvalue weighted by molar-refractivity contribution is -0.0234. The molecule has 3 aromatic carbocycles. The third-order valence-corrected chi connectivity index (χ3v) is 12.4. The lowest BCUT2D eigenvalue weighted by Crippen LogP contribution is -2.54. The summed E-state index contributed by atoms with van der Waals surface area (Å²) in [7, 11) is -0.371. The normalized spacial score (nSPS) is 22.4. The van der Waals surface area contributed by atoms with E-state index in [9.17, 15) is 8.42 Å². The van der Waals surface area contributed by atoms with Gasteiger partial charge < -0.3 is 28.7 Å². The van der Waals surface area contributed by atoms with Crippen LogP contribution < -0.4 is 14.4 Å². The number of benzene rings is 3. The smallest absolute Gasteiger partial charge is 0.243 e. The second kappa shape index (κ2) is 16.2. The lowest BCUT2D eigenvalue weighted by atomic mass is 9.82. The van der Waals surface area contributed by atoms with E-state index in [4.69, 9.17) is 18.9 Å². The molecule has 3 heterocycles. The van der Waals surface area contributed by atoms with Crippen LogP contribution in [0.1, 0.15) is 61.6 Å². The van der Waals surface area contributed by atoms with Gasteiger partial charge in [0.2, 0.25) is 10.0 Å². The van der Waals surface area contributed by atoms with Crippen molar-refractivity contribution in [1.29, 1.82) is 0 Å². The van der Waals surface area contributed by atoms with Crippen molar-refractivity contribution >= 4 is 15.7 Å². The van der Waals surface area contributed by atoms with Crippen LogP contribution in [-0.4, -0.2) is 96.0 Å². The highest BCUT2D eigenvalue weighted by Gasteiger charge is 2.44. The van der Waals surface area contributed by atoms with E-state index in [-0.39, 0.29) is 30.7 Å². The highest BCUT2D eigenvalue weighted by atomic mass is 32.2. The minimum Gasteiger partial charge on any atom is -0.497 e. The van der Waals surface area contributed by atoms with E-state index in [0.29, 0.717) is 31.1 Å². The fourth-order valence-electron chi connectivity index (χ4n) is 7.71. The highest BCUT2D eigenvalue weighted by molar-refractivity contribution is 7.89. The molecule has 2 saturated heterocycles. The number of nitrogens with zero attached hydrogens (tertiary/aromatic N) is 3. The molecule has 0 aliphatic carbocycles. The molecule has 0 unspecified atom stereocenters. The number of sulfonamides is 1. The molecular formula is C39H53N3O6S. The standard InChI is InChI=1S/C39H53N3O6S/c1-29-8-15-35(16-9-29)49(43,44)42-27-39(48-28-31-10-17-38-37(25-31)41(21-23-47-38)20-7-22-45-3)36(32-11-13-34(46-4)14-12-32)26-33(42)24-30(2)40-18-5-6-19-40/h8-17,25,30,33,36,39H,5-7,18-24,26-28H2,1-4H3/t30-,33+,36-,39+/m1/s1. The molecule has 10 heteroatoms. The van der Waals surface area contributed by atoms with Gasteiger partial charge in [-0.15, -0.1) is 0 Å². The van der Waals surface area contributed by atoms with Gasteiger partial charge >= 0.3 is 0 Å². The Labute approximate surface area is 293 Å². The number of likely N-dealkylation sites (tertiary alicyclic amines) is 1. The largest absolute Gasteiger partial charge is 0.497 e. The number of fused-ring (bicyclic) bond motifs is 1. The van der Waals surface area contributed by atoms with Crippen molar-refractivity contribution in [2.45, 2.75) is 81.6 Å². The predicted octanol–water partition coefficient (Wildman–Crippen LogP) is 6.25. The summed E-state index contributed by atoms with van der Waals surface area (Å²) in [6.07, 6.45) is 4.43. The molecule has 2 fully saturated rings. The van der Waals surface area contributed by atoms with Crippen molar-refractivity contribution < 1.29 is 27.4 Å². The summed E-state index contributed by atoms with van der Waals surface area (Å²) in [5, 5.41) is 0. The van der Waals surface area contributed by atoms with Gasteiger partial charge in [-0.05, 0) is 107 Å². The SMILES string of the molecule is COCCCN1CCOc2ccc(CO[C@H]3CN(S(=O)(=O)c4ccc(C)cc4)[C@@H](C[C@@H](C)N4CCCC4)C[C@@H]3c3ccc(OC)cc3)cc21. The van der Waals surface area contributed by atoms with E-state index in [1.165, 1.54) is 12.8 Å². The molecule has 266 valence electrons. The van der Waals surface area contributed by atoms with Crippen LogP contribution in [0.15, 0.2) is 71.6 Å². The summed E-state index contributed by atoms with van der Waals surface area (Å²) >= 11 is 0. The zero-order chi connectivity index (χ0) is 34.4. The van der Waals surface area contributed by atoms with E-state index < -0.39 is 10.0 Å². The molecule has 49 heavy (non-hydrogen) atoms. The van der Waals surface area contributed by atoms with Crippen LogP contribution in [0, 0.1) is 6.92 Å². The summed E-state index contributed by atoms with van der Waals surface area (Å²) in [5.74, 6) is 1.69. The molecule has 0 N–H and O–H groups in total. The molecule has 3 aliphatic rings. The minimum absolute atomic E-state index is 0.0117. The number of aryl methyl sites for hydroxylation is 1. The lowest BCUT2D eigenvalue weighted by Gasteiger charge is -2.45. The Morgan fingerprint density at radius 3 is 2.43 bits per heavy atom. The van der Waals surface area contributed by atoms with Gasteiger partial charge in [-0.3, -0.25) is 0 Å². The fraction of sp³-hybridized carbons (Fsp3) is 0.538. The van der Waals surface area contributed by atoms with Crippen molar-refractivity contribution in [3.05, 3.63) is 83.4 Å². The number of methoxy groups -OCH3 is 2. The molecular weight excluding hydrogens is 639 g/mol. The first kappa shape index (κ1) is 35.7. The van der Waals surface area contributed by atoms with E-state index in [0.717, 1.165) is 72.9 Å². The quantitative estimate of drug-likeness (QED) is 0.184. The van der Waals surface area contributed by atoms with Crippen LogP contribution in [0.25, 0.3) is 0 Å². The Morgan fingerprint density at radius 2 is 1.71 bits per heavy atom. The third kappa shape index (κ3) is 8.43. The average Bonchev–Trinajstić information content (AvgIpc) is 3.67. The third-order valence-electron chi connectivity index (χ3n) is 10.5. The molecule has 0 aromatic heterocycles. The van der Waals surface area contributed by atoms with Crippen LogP contribution in [0.5, 0.6) is 11.5 Å². The second-order valence-electron chi connectivity index (χ2n) is 13.8. The summed E-state index contributed by atoms with van der Waals surface area (Å²) in [5.41, 5.74) is 4.27. The molecule has 6 rings (SSSR count). The minimum atomic E-state index is -3.78. The van der Waals surface area contributed by atoms with Gasteiger partial charge in [-0.2, -0.15) is 4.31 Å². The summed E-state index contributed by atoms with van der Waals surface area (Å²) in [6.45, 7) is 10.1. The number of anilines is 1. The predicted molar refractivity (Wildman–Crippen MR) is 193 cm³/mol. The molecule has 9 nitrogen and oxygen atoms in total. The molecule has 0 radical (unpaired) electrons. The maximum atomic E-state index is 14.5. The molecule has 0 spiro atoms. The summed E-state index contributed by atoms with van der Waals surface area (Å²) in [6, 6.07) is 21.8. The van der Waals surface area contributed by atoms with Crippen LogP contribution >= 0.6 is 0 Å².